The molecule has 0 atom stereocenters. The highest BCUT2D eigenvalue weighted by Crippen LogP contribution is 2.29. The molecule has 0 radical (unpaired) electrons. The van der Waals surface area contributed by atoms with Gasteiger partial charge in [0.1, 0.15) is 5.82 Å². The molecule has 1 N–H and O–H groups in total. The van der Waals surface area contributed by atoms with E-state index in [-0.39, 0.29) is 0 Å². The summed E-state index contributed by atoms with van der Waals surface area (Å²) in [6.07, 6.45) is 5.95. The van der Waals surface area contributed by atoms with Crippen LogP contribution in [0.15, 0.2) is 30.5 Å². The van der Waals surface area contributed by atoms with E-state index in [1.54, 1.807) is 0 Å². The van der Waals surface area contributed by atoms with Crippen LogP contribution in [0.2, 0.25) is 0 Å². The molecule has 3 aliphatic heterocycles. The maximum Gasteiger partial charge on any atom is 0.407 e. The van der Waals surface area contributed by atoms with Crippen molar-refractivity contribution in [3.05, 3.63) is 36.3 Å². The molecule has 4 heterocycles. The SMILES string of the molecule is O=C(O)N1CCN(CC2CCN(c3ccc(-c4cnc5n4CCC5)cc3)CC2)CC1. The molecule has 1 amide bonds. The zero-order valence-electron chi connectivity index (χ0n) is 17.5. The van der Waals surface area contributed by atoms with Gasteiger partial charge in [0.2, 0.25) is 0 Å². The van der Waals surface area contributed by atoms with Gasteiger partial charge >= 0.3 is 6.09 Å². The number of imidazole rings is 1. The fourth-order valence-corrected chi connectivity index (χ4v) is 5.19. The van der Waals surface area contributed by atoms with Gasteiger partial charge < -0.3 is 19.5 Å². The molecule has 1 aromatic carbocycles. The van der Waals surface area contributed by atoms with Crippen LogP contribution in [0.25, 0.3) is 11.3 Å². The van der Waals surface area contributed by atoms with Gasteiger partial charge in [0.05, 0.1) is 11.9 Å². The lowest BCUT2D eigenvalue weighted by molar-refractivity contribution is 0.0957. The predicted octanol–water partition coefficient (Wildman–Crippen LogP) is 3.01. The first kappa shape index (κ1) is 19.4. The Bertz CT molecular complexity index is 877. The predicted molar refractivity (Wildman–Crippen MR) is 117 cm³/mol. The van der Waals surface area contributed by atoms with Gasteiger partial charge in [0, 0.05) is 64.5 Å². The molecular formula is C23H31N5O2. The fourth-order valence-electron chi connectivity index (χ4n) is 5.19. The number of rotatable bonds is 4. The van der Waals surface area contributed by atoms with Gasteiger partial charge in [0.15, 0.2) is 0 Å². The van der Waals surface area contributed by atoms with Crippen LogP contribution in [0, 0.1) is 5.92 Å². The summed E-state index contributed by atoms with van der Waals surface area (Å²) in [6.45, 7) is 7.40. The molecule has 1 aromatic heterocycles. The number of piperidine rings is 1. The van der Waals surface area contributed by atoms with E-state index in [1.807, 2.05) is 6.20 Å². The number of hydrogen-bond acceptors (Lipinski definition) is 4. The lowest BCUT2D eigenvalue weighted by atomic mass is 9.95. The summed E-state index contributed by atoms with van der Waals surface area (Å²) in [4.78, 5) is 22.1. The van der Waals surface area contributed by atoms with Crippen LogP contribution < -0.4 is 4.90 Å². The molecule has 5 rings (SSSR count). The van der Waals surface area contributed by atoms with Crippen LogP contribution in [-0.2, 0) is 13.0 Å². The van der Waals surface area contributed by atoms with E-state index in [2.05, 4.69) is 43.6 Å². The highest BCUT2D eigenvalue weighted by atomic mass is 16.4. The summed E-state index contributed by atoms with van der Waals surface area (Å²) >= 11 is 0. The van der Waals surface area contributed by atoms with Crippen LogP contribution in [0.4, 0.5) is 10.5 Å². The molecule has 160 valence electrons. The molecule has 3 aliphatic rings. The second-order valence-corrected chi connectivity index (χ2v) is 8.86. The monoisotopic (exact) mass is 409 g/mol. The Balaban J connectivity index is 1.13. The number of amides is 1. The minimum absolute atomic E-state index is 0.640. The number of nitrogens with zero attached hydrogens (tertiary/aromatic N) is 5. The second-order valence-electron chi connectivity index (χ2n) is 8.86. The number of carbonyl (C=O) groups is 1. The van der Waals surface area contributed by atoms with Crippen molar-refractivity contribution in [2.45, 2.75) is 32.2 Å². The molecule has 7 nitrogen and oxygen atoms in total. The molecule has 0 bridgehead atoms. The summed E-state index contributed by atoms with van der Waals surface area (Å²) in [5.41, 5.74) is 3.82. The molecule has 0 saturated carbocycles. The average Bonchev–Trinajstić information content (AvgIpc) is 3.39. The van der Waals surface area contributed by atoms with E-state index in [9.17, 15) is 4.79 Å². The topological polar surface area (TPSA) is 64.8 Å². The Morgan fingerprint density at radius 2 is 1.73 bits per heavy atom. The smallest absolute Gasteiger partial charge is 0.407 e. The zero-order valence-corrected chi connectivity index (χ0v) is 17.5. The lowest BCUT2D eigenvalue weighted by Crippen LogP contribution is -2.50. The van der Waals surface area contributed by atoms with Crippen LogP contribution in [0.1, 0.15) is 25.1 Å². The number of benzene rings is 1. The van der Waals surface area contributed by atoms with Crippen molar-refractivity contribution in [2.24, 2.45) is 5.92 Å². The third-order valence-corrected chi connectivity index (χ3v) is 7.02. The van der Waals surface area contributed by atoms with E-state index >= 15 is 0 Å². The molecule has 2 saturated heterocycles. The van der Waals surface area contributed by atoms with Crippen molar-refractivity contribution in [1.29, 1.82) is 0 Å². The highest BCUT2D eigenvalue weighted by molar-refractivity contribution is 5.65. The first-order chi connectivity index (χ1) is 14.7. The Labute approximate surface area is 177 Å². The highest BCUT2D eigenvalue weighted by Gasteiger charge is 2.25. The van der Waals surface area contributed by atoms with Crippen molar-refractivity contribution >= 4 is 11.8 Å². The number of carboxylic acid groups (broad SMARTS) is 1. The Morgan fingerprint density at radius 1 is 1.00 bits per heavy atom. The van der Waals surface area contributed by atoms with Crippen LogP contribution in [0.3, 0.4) is 0 Å². The van der Waals surface area contributed by atoms with Gasteiger partial charge in [-0.1, -0.05) is 12.1 Å². The number of piperazine rings is 1. The Kier molecular flexibility index (Phi) is 5.37. The lowest BCUT2D eigenvalue weighted by Gasteiger charge is -2.38. The number of hydrogen-bond donors (Lipinski definition) is 1. The molecule has 7 heteroatoms. The average molecular weight is 410 g/mol. The molecule has 30 heavy (non-hydrogen) atoms. The molecule has 0 aliphatic carbocycles. The number of fused-ring (bicyclic) bond motifs is 1. The fraction of sp³-hybridized carbons (Fsp3) is 0.565. The molecule has 2 fully saturated rings. The molecule has 2 aromatic rings. The summed E-state index contributed by atoms with van der Waals surface area (Å²) in [5, 5.41) is 9.09. The number of aromatic nitrogens is 2. The zero-order chi connectivity index (χ0) is 20.5. The minimum Gasteiger partial charge on any atom is -0.465 e. The standard InChI is InChI=1S/C23H31N5O2/c29-23(30)27-14-12-25(13-15-27)17-18-7-10-26(11-8-18)20-5-3-19(4-6-20)21-16-24-22-2-1-9-28(21)22/h3-6,16,18H,1-2,7-15,17H2,(H,29,30). The maximum absolute atomic E-state index is 11.1. The third-order valence-electron chi connectivity index (χ3n) is 7.02. The Morgan fingerprint density at radius 3 is 2.43 bits per heavy atom. The van der Waals surface area contributed by atoms with Gasteiger partial charge in [0.25, 0.3) is 0 Å². The molecular weight excluding hydrogens is 378 g/mol. The first-order valence-corrected chi connectivity index (χ1v) is 11.3. The van der Waals surface area contributed by atoms with Gasteiger partial charge in [-0.25, -0.2) is 9.78 Å². The summed E-state index contributed by atoms with van der Waals surface area (Å²) in [6, 6.07) is 9.00. The van der Waals surface area contributed by atoms with Gasteiger partial charge in [-0.15, -0.1) is 0 Å². The second kappa shape index (κ2) is 8.30. The molecule has 0 unspecified atom stereocenters. The van der Waals surface area contributed by atoms with Crippen molar-refractivity contribution in [2.75, 3.05) is 50.7 Å². The normalized spacial score (nSPS) is 20.5. The minimum atomic E-state index is -0.786. The van der Waals surface area contributed by atoms with E-state index < -0.39 is 6.09 Å². The number of anilines is 1. The van der Waals surface area contributed by atoms with Crippen molar-refractivity contribution < 1.29 is 9.90 Å². The van der Waals surface area contributed by atoms with Crippen molar-refractivity contribution in [1.82, 2.24) is 19.4 Å². The van der Waals surface area contributed by atoms with E-state index in [1.165, 1.54) is 46.9 Å². The van der Waals surface area contributed by atoms with Crippen molar-refractivity contribution in [3.63, 3.8) is 0 Å². The summed E-state index contributed by atoms with van der Waals surface area (Å²) in [7, 11) is 0. The van der Waals surface area contributed by atoms with Crippen molar-refractivity contribution in [3.8, 4) is 11.3 Å². The van der Waals surface area contributed by atoms with Crippen LogP contribution >= 0.6 is 0 Å². The maximum atomic E-state index is 11.1. The Hall–Kier alpha value is -2.54. The van der Waals surface area contributed by atoms with Gasteiger partial charge in [-0.05, 0) is 42.9 Å². The van der Waals surface area contributed by atoms with Crippen LogP contribution in [0.5, 0.6) is 0 Å². The summed E-state index contributed by atoms with van der Waals surface area (Å²) < 4.78 is 2.36. The van der Waals surface area contributed by atoms with Crippen LogP contribution in [-0.4, -0.2) is 76.4 Å². The number of aryl methyl sites for hydroxylation is 1. The quantitative estimate of drug-likeness (QED) is 0.841. The first-order valence-electron chi connectivity index (χ1n) is 11.3. The molecule has 0 spiro atoms. The van der Waals surface area contributed by atoms with E-state index in [4.69, 9.17) is 5.11 Å². The van der Waals surface area contributed by atoms with Gasteiger partial charge in [-0.3, -0.25) is 4.90 Å². The largest absolute Gasteiger partial charge is 0.465 e. The van der Waals surface area contributed by atoms with E-state index in [0.717, 1.165) is 45.7 Å². The third kappa shape index (κ3) is 3.90. The summed E-state index contributed by atoms with van der Waals surface area (Å²) in [5.74, 6) is 1.94. The van der Waals surface area contributed by atoms with Gasteiger partial charge in [-0.2, -0.15) is 0 Å². The van der Waals surface area contributed by atoms with E-state index in [0.29, 0.717) is 19.0 Å².